The number of phenols is 1. The third-order valence-electron chi connectivity index (χ3n) is 4.77. The minimum atomic E-state index is -0.579. The maximum Gasteiger partial charge on any atom is 0.340 e. The van der Waals surface area contributed by atoms with Gasteiger partial charge in [0.25, 0.3) is 0 Å². The lowest BCUT2D eigenvalue weighted by molar-refractivity contribution is -0.120. The van der Waals surface area contributed by atoms with Crippen LogP contribution < -0.4 is 10.9 Å². The summed E-state index contributed by atoms with van der Waals surface area (Å²) >= 11 is 5.95. The maximum atomic E-state index is 12.2. The van der Waals surface area contributed by atoms with Crippen LogP contribution in [0.4, 0.5) is 0 Å². The van der Waals surface area contributed by atoms with Crippen molar-refractivity contribution in [1.82, 2.24) is 10.2 Å². The Labute approximate surface area is 161 Å². The summed E-state index contributed by atoms with van der Waals surface area (Å²) in [5, 5.41) is 13.3. The highest BCUT2D eigenvalue weighted by Gasteiger charge is 2.16. The number of carbonyl (C=O) groups excluding carboxylic acids is 1. The summed E-state index contributed by atoms with van der Waals surface area (Å²) in [6.45, 7) is 6.55. The number of aromatic hydroxyl groups is 1. The Morgan fingerprint density at radius 2 is 2.07 bits per heavy atom. The highest BCUT2D eigenvalue weighted by atomic mass is 35.5. The summed E-state index contributed by atoms with van der Waals surface area (Å²) in [7, 11) is 0. The van der Waals surface area contributed by atoms with Crippen molar-refractivity contribution < 1.29 is 19.1 Å². The number of halogens is 1. The van der Waals surface area contributed by atoms with Crippen molar-refractivity contribution in [3.8, 4) is 5.75 Å². The largest absolute Gasteiger partial charge is 0.506 e. The number of amides is 1. The van der Waals surface area contributed by atoms with Gasteiger partial charge in [0.05, 0.1) is 30.2 Å². The maximum absolute atomic E-state index is 12.2. The van der Waals surface area contributed by atoms with Crippen molar-refractivity contribution >= 4 is 28.5 Å². The second-order valence-electron chi connectivity index (χ2n) is 6.63. The van der Waals surface area contributed by atoms with Crippen LogP contribution in [0.25, 0.3) is 11.0 Å². The van der Waals surface area contributed by atoms with E-state index in [0.29, 0.717) is 23.1 Å². The zero-order valence-corrected chi connectivity index (χ0v) is 16.0. The van der Waals surface area contributed by atoms with Crippen LogP contribution in [0, 0.1) is 6.92 Å². The molecule has 1 aliphatic rings. The molecule has 27 heavy (non-hydrogen) atoms. The molecule has 0 aliphatic carbocycles. The van der Waals surface area contributed by atoms with Crippen LogP contribution in [-0.4, -0.2) is 55.3 Å². The number of hydrogen-bond donors (Lipinski definition) is 2. The Hall–Kier alpha value is -2.09. The Kier molecular flexibility index (Phi) is 6.36. The van der Waals surface area contributed by atoms with E-state index >= 15 is 0 Å². The zero-order chi connectivity index (χ0) is 19.4. The van der Waals surface area contributed by atoms with Crippen LogP contribution >= 0.6 is 11.6 Å². The quantitative estimate of drug-likeness (QED) is 0.573. The molecular weight excluding hydrogens is 372 g/mol. The fourth-order valence-electron chi connectivity index (χ4n) is 3.18. The number of rotatable bonds is 6. The first-order valence-electron chi connectivity index (χ1n) is 8.97. The fourth-order valence-corrected chi connectivity index (χ4v) is 3.34. The third-order valence-corrected chi connectivity index (χ3v) is 5.07. The van der Waals surface area contributed by atoms with E-state index in [1.807, 2.05) is 0 Å². The van der Waals surface area contributed by atoms with Gasteiger partial charge < -0.3 is 19.6 Å². The molecule has 146 valence electrons. The van der Waals surface area contributed by atoms with E-state index in [0.717, 1.165) is 39.3 Å². The second-order valence-corrected chi connectivity index (χ2v) is 7.03. The molecule has 0 bridgehead atoms. The number of benzene rings is 1. The minimum absolute atomic E-state index is 0.0554. The highest BCUT2D eigenvalue weighted by Crippen LogP contribution is 2.30. The summed E-state index contributed by atoms with van der Waals surface area (Å²) in [6.07, 6.45) is 0.784. The van der Waals surface area contributed by atoms with Crippen molar-refractivity contribution in [3.63, 3.8) is 0 Å². The molecule has 0 spiro atoms. The molecule has 2 heterocycles. The summed E-state index contributed by atoms with van der Waals surface area (Å²) in [5.41, 5.74) is 0.598. The van der Waals surface area contributed by atoms with Gasteiger partial charge in [-0.2, -0.15) is 0 Å². The molecule has 8 heteroatoms. The molecule has 1 amide bonds. The van der Waals surface area contributed by atoms with E-state index in [1.165, 1.54) is 12.1 Å². The molecule has 1 aromatic heterocycles. The fraction of sp³-hybridized carbons (Fsp3) is 0.474. The summed E-state index contributed by atoms with van der Waals surface area (Å²) < 4.78 is 10.5. The van der Waals surface area contributed by atoms with Crippen molar-refractivity contribution in [2.75, 3.05) is 39.4 Å². The number of morpholine rings is 1. The molecule has 3 rings (SSSR count). The van der Waals surface area contributed by atoms with Gasteiger partial charge in [0.15, 0.2) is 0 Å². The molecule has 7 nitrogen and oxygen atoms in total. The molecular formula is C19H23ClN2O5. The van der Waals surface area contributed by atoms with Gasteiger partial charge in [-0.15, -0.1) is 0 Å². The monoisotopic (exact) mass is 394 g/mol. The molecule has 1 aliphatic heterocycles. The predicted octanol–water partition coefficient (Wildman–Crippen LogP) is 1.84. The van der Waals surface area contributed by atoms with Crippen LogP contribution in [-0.2, 0) is 16.0 Å². The van der Waals surface area contributed by atoms with Crippen molar-refractivity contribution in [3.05, 3.63) is 38.7 Å². The summed E-state index contributed by atoms with van der Waals surface area (Å²) in [6, 6.07) is 2.84. The Morgan fingerprint density at radius 1 is 1.33 bits per heavy atom. The van der Waals surface area contributed by atoms with Crippen molar-refractivity contribution in [2.45, 2.75) is 19.8 Å². The van der Waals surface area contributed by atoms with Crippen molar-refractivity contribution in [2.24, 2.45) is 0 Å². The van der Waals surface area contributed by atoms with Gasteiger partial charge in [-0.1, -0.05) is 11.6 Å². The molecule has 2 N–H and O–H groups in total. The molecule has 0 atom stereocenters. The topological polar surface area (TPSA) is 92.0 Å². The predicted molar refractivity (Wildman–Crippen MR) is 102 cm³/mol. The standard InChI is InChI=1S/C19H23ClN2O5/c1-12-13-9-15(20)16(23)11-17(13)27-19(25)14(12)10-18(24)21-3-2-4-22-5-7-26-8-6-22/h9,11,23H,2-8,10H2,1H3,(H,21,24). The van der Waals surface area contributed by atoms with Gasteiger partial charge in [-0.05, 0) is 31.5 Å². The van der Waals surface area contributed by atoms with Gasteiger partial charge in [0, 0.05) is 31.1 Å². The first-order chi connectivity index (χ1) is 13.0. The van der Waals surface area contributed by atoms with E-state index < -0.39 is 5.63 Å². The van der Waals surface area contributed by atoms with Crippen LogP contribution in [0.2, 0.25) is 5.02 Å². The lowest BCUT2D eigenvalue weighted by Gasteiger charge is -2.26. The number of nitrogens with one attached hydrogen (secondary N) is 1. The van der Waals surface area contributed by atoms with Crippen LogP contribution in [0.15, 0.2) is 21.3 Å². The summed E-state index contributed by atoms with van der Waals surface area (Å²) in [4.78, 5) is 26.8. The number of nitrogens with zero attached hydrogens (tertiary/aromatic N) is 1. The second kappa shape index (κ2) is 8.73. The number of aryl methyl sites for hydroxylation is 1. The van der Waals surface area contributed by atoms with E-state index in [1.54, 1.807) is 6.92 Å². The molecule has 1 aromatic carbocycles. The molecule has 0 saturated carbocycles. The molecule has 1 saturated heterocycles. The van der Waals surface area contributed by atoms with Gasteiger partial charge in [0.1, 0.15) is 11.3 Å². The van der Waals surface area contributed by atoms with E-state index in [4.69, 9.17) is 20.8 Å². The Bertz CT molecular complexity index is 890. The van der Waals surface area contributed by atoms with Crippen molar-refractivity contribution in [1.29, 1.82) is 0 Å². The van der Waals surface area contributed by atoms with Gasteiger partial charge in [0.2, 0.25) is 5.91 Å². The number of ether oxygens (including phenoxy) is 1. The number of fused-ring (bicyclic) bond motifs is 1. The normalized spacial score (nSPS) is 15.2. The van der Waals surface area contributed by atoms with Crippen LogP contribution in [0.3, 0.4) is 0 Å². The molecule has 1 fully saturated rings. The number of phenolic OH excluding ortho intramolecular Hbond substituents is 1. The third kappa shape index (κ3) is 4.80. The molecule has 0 unspecified atom stereocenters. The average Bonchev–Trinajstić information content (AvgIpc) is 2.65. The van der Waals surface area contributed by atoms with Crippen LogP contribution in [0.5, 0.6) is 5.75 Å². The average molecular weight is 395 g/mol. The lowest BCUT2D eigenvalue weighted by Crippen LogP contribution is -2.38. The van der Waals surface area contributed by atoms with Gasteiger partial charge in [-0.25, -0.2) is 4.79 Å². The highest BCUT2D eigenvalue weighted by molar-refractivity contribution is 6.32. The van der Waals surface area contributed by atoms with Crippen LogP contribution in [0.1, 0.15) is 17.5 Å². The first kappa shape index (κ1) is 19.7. The number of carbonyl (C=O) groups is 1. The minimum Gasteiger partial charge on any atom is -0.506 e. The van der Waals surface area contributed by atoms with E-state index in [9.17, 15) is 14.7 Å². The number of hydrogen-bond acceptors (Lipinski definition) is 6. The first-order valence-corrected chi connectivity index (χ1v) is 9.35. The smallest absolute Gasteiger partial charge is 0.340 e. The van der Waals surface area contributed by atoms with E-state index in [2.05, 4.69) is 10.2 Å². The summed E-state index contributed by atoms with van der Waals surface area (Å²) in [5.74, 6) is -0.380. The van der Waals surface area contributed by atoms with Gasteiger partial charge >= 0.3 is 5.63 Å². The van der Waals surface area contributed by atoms with Gasteiger partial charge in [-0.3, -0.25) is 9.69 Å². The Morgan fingerprint density at radius 3 is 2.81 bits per heavy atom. The molecule has 2 aromatic rings. The Balaban J connectivity index is 1.61. The lowest BCUT2D eigenvalue weighted by atomic mass is 10.0. The SMILES string of the molecule is Cc1c(CC(=O)NCCCN2CCOCC2)c(=O)oc2cc(O)c(Cl)cc12. The van der Waals surface area contributed by atoms with E-state index in [-0.39, 0.29) is 28.7 Å². The zero-order valence-electron chi connectivity index (χ0n) is 15.2. The molecule has 0 radical (unpaired) electrons.